The summed E-state index contributed by atoms with van der Waals surface area (Å²) in [7, 11) is 0. The first-order valence-electron chi connectivity index (χ1n) is 8.13. The maximum atomic E-state index is 10.9. The van der Waals surface area contributed by atoms with Crippen LogP contribution in [0, 0.1) is 10.1 Å². The van der Waals surface area contributed by atoms with E-state index in [2.05, 4.69) is 0 Å². The highest BCUT2D eigenvalue weighted by Gasteiger charge is 2.17. The van der Waals surface area contributed by atoms with Crippen LogP contribution in [0.5, 0.6) is 0 Å². The van der Waals surface area contributed by atoms with E-state index < -0.39 is 11.0 Å². The third kappa shape index (κ3) is 2.96. The molecule has 3 aromatic carbocycles. The van der Waals surface area contributed by atoms with E-state index >= 15 is 0 Å². The summed E-state index contributed by atoms with van der Waals surface area (Å²) in [6, 6.07) is 23.6. The molecule has 1 heterocycles. The minimum absolute atomic E-state index is 0.00782. The SMILES string of the molecule is O=[N+]([O-])c1ccc2oc(C(O)c3ccc(-c4ccccc4)cc3)cc2c1. The zero-order valence-electron chi connectivity index (χ0n) is 13.7. The number of nitrogens with zero attached hydrogens (tertiary/aromatic N) is 1. The van der Waals surface area contributed by atoms with Crippen LogP contribution >= 0.6 is 0 Å². The molecule has 0 spiro atoms. The van der Waals surface area contributed by atoms with E-state index in [1.54, 1.807) is 12.1 Å². The molecule has 1 unspecified atom stereocenters. The van der Waals surface area contributed by atoms with Gasteiger partial charge in [-0.15, -0.1) is 0 Å². The van der Waals surface area contributed by atoms with Crippen molar-refractivity contribution in [1.82, 2.24) is 0 Å². The number of non-ortho nitro benzene ring substituents is 1. The van der Waals surface area contributed by atoms with E-state index in [1.165, 1.54) is 12.1 Å². The normalized spacial score (nSPS) is 12.2. The number of hydrogen-bond donors (Lipinski definition) is 1. The van der Waals surface area contributed by atoms with Gasteiger partial charge in [0.25, 0.3) is 5.69 Å². The Hall–Kier alpha value is -3.44. The molecule has 0 fully saturated rings. The number of fused-ring (bicyclic) bond motifs is 1. The van der Waals surface area contributed by atoms with Gasteiger partial charge in [-0.3, -0.25) is 10.1 Å². The molecule has 128 valence electrons. The fraction of sp³-hybridized carbons (Fsp3) is 0.0476. The molecular formula is C21H15NO4. The number of aliphatic hydroxyl groups is 1. The highest BCUT2D eigenvalue weighted by atomic mass is 16.6. The van der Waals surface area contributed by atoms with E-state index in [-0.39, 0.29) is 5.69 Å². The van der Waals surface area contributed by atoms with Gasteiger partial charge in [-0.2, -0.15) is 0 Å². The van der Waals surface area contributed by atoms with Crippen LogP contribution in [-0.2, 0) is 0 Å². The number of hydrogen-bond acceptors (Lipinski definition) is 4. The van der Waals surface area contributed by atoms with E-state index in [1.807, 2.05) is 54.6 Å². The van der Waals surface area contributed by atoms with Crippen molar-refractivity contribution in [1.29, 1.82) is 0 Å². The van der Waals surface area contributed by atoms with Crippen molar-refractivity contribution < 1.29 is 14.4 Å². The lowest BCUT2D eigenvalue weighted by Crippen LogP contribution is -1.97. The monoisotopic (exact) mass is 345 g/mol. The van der Waals surface area contributed by atoms with Crippen molar-refractivity contribution in [3.8, 4) is 11.1 Å². The van der Waals surface area contributed by atoms with E-state index in [0.29, 0.717) is 22.3 Å². The lowest BCUT2D eigenvalue weighted by atomic mass is 10.0. The molecule has 4 aromatic rings. The number of nitro benzene ring substituents is 1. The minimum Gasteiger partial charge on any atom is -0.458 e. The average Bonchev–Trinajstić information content (AvgIpc) is 3.11. The molecule has 0 aliphatic carbocycles. The summed E-state index contributed by atoms with van der Waals surface area (Å²) in [6.45, 7) is 0. The fourth-order valence-electron chi connectivity index (χ4n) is 2.95. The molecule has 1 N–H and O–H groups in total. The van der Waals surface area contributed by atoms with Gasteiger partial charge in [0.2, 0.25) is 0 Å². The second kappa shape index (κ2) is 6.46. The van der Waals surface area contributed by atoms with Crippen molar-refractivity contribution in [3.63, 3.8) is 0 Å². The standard InChI is InChI=1S/C21H15NO4/c23-21(16-8-6-15(7-9-16)14-4-2-1-3-5-14)20-13-17-12-18(22(24)25)10-11-19(17)26-20/h1-13,21,23H. The van der Waals surface area contributed by atoms with Crippen LogP contribution < -0.4 is 0 Å². The van der Waals surface area contributed by atoms with Crippen molar-refractivity contribution in [2.75, 3.05) is 0 Å². The highest BCUT2D eigenvalue weighted by Crippen LogP contribution is 2.31. The molecule has 0 saturated carbocycles. The van der Waals surface area contributed by atoms with E-state index in [4.69, 9.17) is 4.42 Å². The molecule has 0 amide bonds. The predicted molar refractivity (Wildman–Crippen MR) is 98.8 cm³/mol. The Labute approximate surface area is 149 Å². The molecule has 0 saturated heterocycles. The van der Waals surface area contributed by atoms with Gasteiger partial charge in [-0.05, 0) is 28.8 Å². The molecule has 1 aromatic heterocycles. The summed E-state index contributed by atoms with van der Waals surface area (Å²) in [5, 5.41) is 22.1. The minimum atomic E-state index is -0.939. The van der Waals surface area contributed by atoms with Crippen LogP contribution in [0.1, 0.15) is 17.4 Å². The van der Waals surface area contributed by atoms with E-state index in [0.717, 1.165) is 11.1 Å². The summed E-state index contributed by atoms with van der Waals surface area (Å²) in [4.78, 5) is 10.4. The summed E-state index contributed by atoms with van der Waals surface area (Å²) in [5.74, 6) is 0.355. The summed E-state index contributed by atoms with van der Waals surface area (Å²) in [6.07, 6.45) is -0.939. The second-order valence-corrected chi connectivity index (χ2v) is 6.02. The van der Waals surface area contributed by atoms with Gasteiger partial charge >= 0.3 is 0 Å². The first kappa shape index (κ1) is 16.1. The smallest absolute Gasteiger partial charge is 0.270 e. The van der Waals surface area contributed by atoms with Gasteiger partial charge in [0.15, 0.2) is 0 Å². The molecule has 1 atom stereocenters. The van der Waals surface area contributed by atoms with Crippen molar-refractivity contribution in [2.45, 2.75) is 6.10 Å². The molecule has 5 heteroatoms. The third-order valence-electron chi connectivity index (χ3n) is 4.33. The van der Waals surface area contributed by atoms with Gasteiger partial charge in [0.05, 0.1) is 4.92 Å². The first-order chi connectivity index (χ1) is 12.6. The van der Waals surface area contributed by atoms with Crippen LogP contribution in [0.25, 0.3) is 22.1 Å². The fourth-order valence-corrected chi connectivity index (χ4v) is 2.95. The maximum absolute atomic E-state index is 10.9. The lowest BCUT2D eigenvalue weighted by molar-refractivity contribution is -0.384. The molecule has 5 nitrogen and oxygen atoms in total. The number of furan rings is 1. The van der Waals surface area contributed by atoms with Crippen LogP contribution in [0.2, 0.25) is 0 Å². The summed E-state index contributed by atoms with van der Waals surface area (Å²) in [5.41, 5.74) is 3.35. The van der Waals surface area contributed by atoms with Crippen molar-refractivity contribution >= 4 is 16.7 Å². The van der Waals surface area contributed by atoms with Crippen LogP contribution in [0.3, 0.4) is 0 Å². The predicted octanol–water partition coefficient (Wildman–Crippen LogP) is 5.09. The molecule has 0 aliphatic rings. The number of rotatable bonds is 4. The third-order valence-corrected chi connectivity index (χ3v) is 4.33. The number of aliphatic hydroxyl groups excluding tert-OH is 1. The van der Waals surface area contributed by atoms with Crippen molar-refractivity contribution in [3.05, 3.63) is 100 Å². The molecule has 0 radical (unpaired) electrons. The zero-order chi connectivity index (χ0) is 18.1. The van der Waals surface area contributed by atoms with E-state index in [9.17, 15) is 15.2 Å². The Kier molecular flexibility index (Phi) is 3.99. The Bertz CT molecular complexity index is 1070. The van der Waals surface area contributed by atoms with Gasteiger partial charge < -0.3 is 9.52 Å². The maximum Gasteiger partial charge on any atom is 0.270 e. The summed E-state index contributed by atoms with van der Waals surface area (Å²) < 4.78 is 5.66. The van der Waals surface area contributed by atoms with Gasteiger partial charge in [-0.1, -0.05) is 54.6 Å². The molecular weight excluding hydrogens is 330 g/mol. The largest absolute Gasteiger partial charge is 0.458 e. The molecule has 4 rings (SSSR count). The van der Waals surface area contributed by atoms with Gasteiger partial charge in [-0.25, -0.2) is 0 Å². The molecule has 0 bridgehead atoms. The average molecular weight is 345 g/mol. The second-order valence-electron chi connectivity index (χ2n) is 6.02. The number of benzene rings is 3. The topological polar surface area (TPSA) is 76.5 Å². The first-order valence-corrected chi connectivity index (χ1v) is 8.13. The Morgan fingerprint density at radius 3 is 2.27 bits per heavy atom. The Balaban J connectivity index is 1.64. The van der Waals surface area contributed by atoms with Crippen LogP contribution in [-0.4, -0.2) is 10.0 Å². The van der Waals surface area contributed by atoms with Gasteiger partial charge in [0, 0.05) is 17.5 Å². The number of nitro groups is 1. The molecule has 0 aliphatic heterocycles. The lowest BCUT2D eigenvalue weighted by Gasteiger charge is -2.09. The van der Waals surface area contributed by atoms with Gasteiger partial charge in [0.1, 0.15) is 17.4 Å². The summed E-state index contributed by atoms with van der Waals surface area (Å²) >= 11 is 0. The van der Waals surface area contributed by atoms with Crippen LogP contribution in [0.4, 0.5) is 5.69 Å². The molecule has 26 heavy (non-hydrogen) atoms. The Morgan fingerprint density at radius 1 is 0.885 bits per heavy atom. The highest BCUT2D eigenvalue weighted by molar-refractivity contribution is 5.80. The Morgan fingerprint density at radius 2 is 1.58 bits per heavy atom. The zero-order valence-corrected chi connectivity index (χ0v) is 13.7. The quantitative estimate of drug-likeness (QED) is 0.413. The van der Waals surface area contributed by atoms with Crippen LogP contribution in [0.15, 0.2) is 83.3 Å². The van der Waals surface area contributed by atoms with Crippen molar-refractivity contribution in [2.24, 2.45) is 0 Å².